The van der Waals surface area contributed by atoms with Gasteiger partial charge in [-0.2, -0.15) is 0 Å². The number of rotatable bonds is 3. The number of carbonyl (C=O) groups excluding carboxylic acids is 4. The van der Waals surface area contributed by atoms with Crippen molar-refractivity contribution in [3.8, 4) is 23.0 Å². The first-order valence-electron chi connectivity index (χ1n) is 13.8. The molecule has 0 aliphatic heterocycles. The molecule has 0 amide bonds. The van der Waals surface area contributed by atoms with Gasteiger partial charge in [0.25, 0.3) is 0 Å². The van der Waals surface area contributed by atoms with Crippen molar-refractivity contribution in [3.05, 3.63) is 68.8 Å². The smallest absolute Gasteiger partial charge is 0.194 e. The van der Waals surface area contributed by atoms with Crippen molar-refractivity contribution in [1.29, 1.82) is 0 Å². The van der Waals surface area contributed by atoms with Crippen LogP contribution in [0.1, 0.15) is 68.1 Å². The van der Waals surface area contributed by atoms with Gasteiger partial charge in [0, 0.05) is 70.2 Å². The number of aromatic hydroxyl groups is 2. The van der Waals surface area contributed by atoms with E-state index in [1.807, 2.05) is 0 Å². The lowest BCUT2D eigenvalue weighted by atomic mass is 9.55. The van der Waals surface area contributed by atoms with Crippen LogP contribution >= 0.6 is 0 Å². The predicted octanol–water partition coefficient (Wildman–Crippen LogP) is 1.43. The number of ether oxygens (including phenoxy) is 2. The van der Waals surface area contributed by atoms with E-state index in [0.717, 1.165) is 12.1 Å². The highest BCUT2D eigenvalue weighted by molar-refractivity contribution is 6.30. The maximum absolute atomic E-state index is 14.2. The minimum absolute atomic E-state index is 0.0839. The van der Waals surface area contributed by atoms with E-state index < -0.39 is 93.8 Å². The molecule has 2 unspecified atom stereocenters. The van der Waals surface area contributed by atoms with Crippen LogP contribution < -0.4 is 9.47 Å². The van der Waals surface area contributed by atoms with Crippen molar-refractivity contribution in [1.82, 2.24) is 0 Å². The average molecular weight is 607 g/mol. The molecule has 6 atom stereocenters. The van der Waals surface area contributed by atoms with Gasteiger partial charge in [-0.1, -0.05) is 0 Å². The molecule has 0 saturated carbocycles. The van der Waals surface area contributed by atoms with Crippen LogP contribution in [0.3, 0.4) is 0 Å². The molecule has 0 spiro atoms. The van der Waals surface area contributed by atoms with Crippen molar-refractivity contribution < 1.29 is 59.3 Å². The fourth-order valence-corrected chi connectivity index (χ4v) is 7.21. The highest BCUT2D eigenvalue weighted by atomic mass is 16.5. The Balaban J connectivity index is 1.63. The van der Waals surface area contributed by atoms with Gasteiger partial charge in [0.15, 0.2) is 23.1 Å². The third-order valence-electron chi connectivity index (χ3n) is 9.36. The summed E-state index contributed by atoms with van der Waals surface area (Å²) in [6.45, 7) is 2.43. The summed E-state index contributed by atoms with van der Waals surface area (Å²) in [5.74, 6) is -7.78. The molecule has 0 radical (unpaired) electrons. The fraction of sp³-hybridized carbons (Fsp3) is 0.375. The summed E-state index contributed by atoms with van der Waals surface area (Å²) < 4.78 is 10.3. The molecular formula is C32H30O12. The van der Waals surface area contributed by atoms with Crippen LogP contribution in [0.4, 0.5) is 0 Å². The van der Waals surface area contributed by atoms with Crippen molar-refractivity contribution in [2.24, 2.45) is 11.8 Å². The normalized spacial score (nSPS) is 31.4. The third-order valence-corrected chi connectivity index (χ3v) is 9.36. The van der Waals surface area contributed by atoms with Crippen molar-refractivity contribution in [3.63, 3.8) is 0 Å². The van der Waals surface area contributed by atoms with E-state index in [0.29, 0.717) is 0 Å². The van der Waals surface area contributed by atoms with E-state index in [1.54, 1.807) is 0 Å². The molecule has 2 aromatic carbocycles. The summed E-state index contributed by atoms with van der Waals surface area (Å²) in [5.41, 5.74) is -6.58. The standard InChI is InChI=1S/C32H30O12/c1-31(41)9-15-21(27(37)19-13(25(15)35)5-11(43-3)7-17(19)33)23(29(31)39)24-22-16(10-32(2,42)30(24)40)26(36)14-6-12(44-4)8-18(34)20(14)28(22)38/h5-8,23-24,29-30,33-34,39-42H,9-10H2,1-4H3/t23?,24?,29-,30-,31+,32+/m1/s1. The van der Waals surface area contributed by atoms with Crippen molar-refractivity contribution in [2.45, 2.75) is 50.1 Å². The quantitative estimate of drug-likeness (QED) is 0.293. The van der Waals surface area contributed by atoms with Crippen LogP contribution in [0.2, 0.25) is 0 Å². The average Bonchev–Trinajstić information content (AvgIpc) is 2.96. The SMILES string of the molecule is COc1cc(O)c2c(c1)C(=O)C1=C(C2=O)C(C2C3=C(C[C@](C)(O)[C@@H]2O)C(=O)c2cc(OC)cc(O)c2C3=O)[C@@H](O)[C@@](C)(O)C1. The molecule has 44 heavy (non-hydrogen) atoms. The number of hydrogen-bond donors (Lipinski definition) is 6. The Morgan fingerprint density at radius 3 is 1.30 bits per heavy atom. The first-order valence-corrected chi connectivity index (χ1v) is 13.8. The summed E-state index contributed by atoms with van der Waals surface area (Å²) >= 11 is 0. The Labute approximate surface area is 250 Å². The molecule has 2 aromatic rings. The number of aliphatic hydroxyl groups is 4. The first kappa shape index (κ1) is 29.7. The summed E-state index contributed by atoms with van der Waals surface area (Å²) in [7, 11) is 2.60. The lowest BCUT2D eigenvalue weighted by Gasteiger charge is -2.51. The number of methoxy groups -OCH3 is 2. The Morgan fingerprint density at radius 1 is 0.636 bits per heavy atom. The molecule has 0 bridgehead atoms. The number of carbonyl (C=O) groups is 4. The Morgan fingerprint density at radius 2 is 0.977 bits per heavy atom. The molecule has 0 aromatic heterocycles. The monoisotopic (exact) mass is 606 g/mol. The zero-order valence-electron chi connectivity index (χ0n) is 24.2. The number of phenolic OH excluding ortho intramolecular Hbond substituents is 2. The summed E-state index contributed by atoms with van der Waals surface area (Å²) in [4.78, 5) is 56.0. The van der Waals surface area contributed by atoms with E-state index in [1.165, 1.54) is 40.2 Å². The topological polar surface area (TPSA) is 208 Å². The maximum Gasteiger partial charge on any atom is 0.194 e. The van der Waals surface area contributed by atoms with Crippen LogP contribution in [0, 0.1) is 11.8 Å². The fourth-order valence-electron chi connectivity index (χ4n) is 7.21. The molecule has 6 N–H and O–H groups in total. The molecule has 4 aliphatic rings. The zero-order chi connectivity index (χ0) is 32.2. The largest absolute Gasteiger partial charge is 0.507 e. The number of benzene rings is 2. The Kier molecular flexibility index (Phi) is 6.46. The molecule has 6 rings (SSSR count). The van der Waals surface area contributed by atoms with Gasteiger partial charge in [0.1, 0.15) is 23.0 Å². The number of phenols is 2. The molecule has 0 heterocycles. The number of fused-ring (bicyclic) bond motifs is 2. The van der Waals surface area contributed by atoms with Crippen molar-refractivity contribution in [2.75, 3.05) is 14.2 Å². The van der Waals surface area contributed by atoms with E-state index in [2.05, 4.69) is 0 Å². The first-order chi connectivity index (χ1) is 20.5. The number of Topliss-reactive ketones (excluding diaryl/α,β-unsaturated/α-hetero) is 4. The lowest BCUT2D eigenvalue weighted by Crippen LogP contribution is -2.60. The maximum atomic E-state index is 14.2. The van der Waals surface area contributed by atoms with Crippen molar-refractivity contribution >= 4 is 23.1 Å². The molecule has 230 valence electrons. The van der Waals surface area contributed by atoms with Crippen LogP contribution in [0.15, 0.2) is 46.6 Å². The van der Waals surface area contributed by atoms with Crippen LogP contribution in [0.5, 0.6) is 23.0 Å². The van der Waals surface area contributed by atoms with Crippen LogP contribution in [0.25, 0.3) is 0 Å². The second kappa shape index (κ2) is 9.57. The lowest BCUT2D eigenvalue weighted by molar-refractivity contribution is -0.135. The molecular weight excluding hydrogens is 576 g/mol. The van der Waals surface area contributed by atoms with Gasteiger partial charge in [-0.3, -0.25) is 19.2 Å². The number of hydrogen-bond acceptors (Lipinski definition) is 12. The molecule has 4 aliphatic carbocycles. The van der Waals surface area contributed by atoms with Gasteiger partial charge in [0.05, 0.1) is 48.8 Å². The molecule has 0 fully saturated rings. The van der Waals surface area contributed by atoms with E-state index >= 15 is 0 Å². The number of aliphatic hydroxyl groups excluding tert-OH is 2. The zero-order valence-corrected chi connectivity index (χ0v) is 24.2. The Bertz CT molecular complexity index is 1650. The summed E-state index contributed by atoms with van der Waals surface area (Å²) in [6.07, 6.45) is -4.81. The highest BCUT2D eigenvalue weighted by Crippen LogP contribution is 2.54. The predicted molar refractivity (Wildman–Crippen MR) is 150 cm³/mol. The highest BCUT2D eigenvalue weighted by Gasteiger charge is 2.60. The molecule has 12 heteroatoms. The Hall–Kier alpha value is -4.36. The van der Waals surface area contributed by atoms with Gasteiger partial charge in [0.2, 0.25) is 0 Å². The van der Waals surface area contributed by atoms with Gasteiger partial charge in [-0.05, 0) is 26.0 Å². The second-order valence-corrected chi connectivity index (χ2v) is 12.2. The van der Waals surface area contributed by atoms with E-state index in [9.17, 15) is 49.8 Å². The summed E-state index contributed by atoms with van der Waals surface area (Å²) in [5, 5.41) is 67.6. The van der Waals surface area contributed by atoms with Crippen LogP contribution in [-0.2, 0) is 0 Å². The van der Waals surface area contributed by atoms with Crippen LogP contribution in [-0.4, -0.2) is 91.4 Å². The van der Waals surface area contributed by atoms with Gasteiger partial charge < -0.3 is 40.1 Å². The van der Waals surface area contributed by atoms with E-state index in [4.69, 9.17) is 9.47 Å². The molecule has 0 saturated heterocycles. The molecule has 12 nitrogen and oxygen atoms in total. The van der Waals surface area contributed by atoms with Gasteiger partial charge in [-0.25, -0.2) is 0 Å². The summed E-state index contributed by atoms with van der Waals surface area (Å²) in [6, 6.07) is 4.76. The van der Waals surface area contributed by atoms with E-state index in [-0.39, 0.29) is 44.9 Å². The second-order valence-electron chi connectivity index (χ2n) is 12.2. The third kappa shape index (κ3) is 3.91. The minimum Gasteiger partial charge on any atom is -0.507 e. The minimum atomic E-state index is -2.09. The number of ketones is 4. The van der Waals surface area contributed by atoms with Gasteiger partial charge in [-0.15, -0.1) is 0 Å². The van der Waals surface area contributed by atoms with Gasteiger partial charge >= 0.3 is 0 Å².